The number of nitrogens with one attached hydrogen (secondary N) is 3. The van der Waals surface area contributed by atoms with Gasteiger partial charge in [0.15, 0.2) is 0 Å². The van der Waals surface area contributed by atoms with Gasteiger partial charge in [0.2, 0.25) is 0 Å². The van der Waals surface area contributed by atoms with Gasteiger partial charge in [-0.2, -0.15) is 0 Å². The molecule has 3 N–H and O–H groups in total. The molecule has 0 atom stereocenters. The number of benzene rings is 3. The number of carbonyl (C=O) groups is 3. The second-order valence-corrected chi connectivity index (χ2v) is 7.13. The van der Waals surface area contributed by atoms with Crippen LogP contribution in [0.4, 0.5) is 17.1 Å². The van der Waals surface area contributed by atoms with Crippen molar-refractivity contribution in [3.63, 3.8) is 0 Å². The molecule has 0 saturated carbocycles. The van der Waals surface area contributed by atoms with Crippen LogP contribution in [0, 0.1) is 0 Å². The zero-order valence-corrected chi connectivity index (χ0v) is 17.5. The summed E-state index contributed by atoms with van der Waals surface area (Å²) in [5, 5.41) is 8.38. The lowest BCUT2D eigenvalue weighted by Crippen LogP contribution is -2.15. The third kappa shape index (κ3) is 5.68. The number of rotatable bonds is 6. The van der Waals surface area contributed by atoms with Crippen molar-refractivity contribution in [1.82, 2.24) is 4.98 Å². The van der Waals surface area contributed by atoms with E-state index in [1.54, 1.807) is 91.1 Å². The lowest BCUT2D eigenvalue weighted by atomic mass is 10.1. The number of amides is 3. The van der Waals surface area contributed by atoms with E-state index in [2.05, 4.69) is 20.9 Å². The summed E-state index contributed by atoms with van der Waals surface area (Å²) < 4.78 is 0. The number of aromatic nitrogens is 1. The number of carbonyl (C=O) groups excluding carboxylic acids is 3. The highest BCUT2D eigenvalue weighted by atomic mass is 16.2. The Labute approximate surface area is 190 Å². The number of anilines is 3. The van der Waals surface area contributed by atoms with Crippen molar-refractivity contribution in [2.45, 2.75) is 0 Å². The Bertz CT molecular complexity index is 1290. The first-order valence-corrected chi connectivity index (χ1v) is 10.2. The molecule has 4 aromatic rings. The number of hydrogen-bond acceptors (Lipinski definition) is 4. The topological polar surface area (TPSA) is 100 Å². The fourth-order valence-corrected chi connectivity index (χ4v) is 3.11. The molecule has 0 aliphatic carbocycles. The van der Waals surface area contributed by atoms with Crippen LogP contribution in [0.5, 0.6) is 0 Å². The van der Waals surface area contributed by atoms with Gasteiger partial charge in [0.05, 0.1) is 5.56 Å². The van der Waals surface area contributed by atoms with E-state index >= 15 is 0 Å². The van der Waals surface area contributed by atoms with Crippen molar-refractivity contribution < 1.29 is 14.4 Å². The zero-order chi connectivity index (χ0) is 23.0. The standard InChI is InChI=1S/C26H20N4O3/c31-24(18-7-2-1-3-8-18)29-22-12-5-13-23(16-22)30-25(32)19-9-4-11-21(15-19)28-26(33)20-10-6-14-27-17-20/h1-17H,(H,28,33)(H,29,31)(H,30,32). The summed E-state index contributed by atoms with van der Waals surface area (Å²) >= 11 is 0. The van der Waals surface area contributed by atoms with Crippen LogP contribution < -0.4 is 16.0 Å². The van der Waals surface area contributed by atoms with Gasteiger partial charge >= 0.3 is 0 Å². The highest BCUT2D eigenvalue weighted by Gasteiger charge is 2.11. The fraction of sp³-hybridized carbons (Fsp3) is 0. The minimum atomic E-state index is -0.348. The van der Waals surface area contributed by atoms with Gasteiger partial charge < -0.3 is 16.0 Å². The number of pyridine rings is 1. The Morgan fingerprint density at radius 2 is 1.03 bits per heavy atom. The second kappa shape index (κ2) is 10.0. The molecule has 1 heterocycles. The van der Waals surface area contributed by atoms with E-state index in [1.807, 2.05) is 6.07 Å². The summed E-state index contributed by atoms with van der Waals surface area (Å²) in [5.41, 5.74) is 2.90. The molecule has 3 amide bonds. The summed E-state index contributed by atoms with van der Waals surface area (Å²) in [4.78, 5) is 41.4. The lowest BCUT2D eigenvalue weighted by molar-refractivity contribution is 0.101. The Morgan fingerprint density at radius 1 is 0.515 bits per heavy atom. The van der Waals surface area contributed by atoms with Crippen LogP contribution in [-0.4, -0.2) is 22.7 Å². The Morgan fingerprint density at radius 3 is 1.67 bits per heavy atom. The summed E-state index contributed by atoms with van der Waals surface area (Å²) in [6, 6.07) is 25.7. The molecule has 0 spiro atoms. The minimum Gasteiger partial charge on any atom is -0.322 e. The highest BCUT2D eigenvalue weighted by molar-refractivity contribution is 6.08. The van der Waals surface area contributed by atoms with Crippen LogP contribution in [-0.2, 0) is 0 Å². The van der Waals surface area contributed by atoms with Gasteiger partial charge in [0.25, 0.3) is 17.7 Å². The van der Waals surface area contributed by atoms with Gasteiger partial charge in [-0.1, -0.05) is 30.3 Å². The van der Waals surface area contributed by atoms with Crippen molar-refractivity contribution >= 4 is 34.8 Å². The Balaban J connectivity index is 1.42. The molecule has 7 heteroatoms. The predicted octanol–water partition coefficient (Wildman–Crippen LogP) is 4.84. The molecule has 0 fully saturated rings. The predicted molar refractivity (Wildman–Crippen MR) is 127 cm³/mol. The molecule has 4 rings (SSSR count). The molecule has 0 unspecified atom stereocenters. The first-order chi connectivity index (χ1) is 16.1. The van der Waals surface area contributed by atoms with Gasteiger partial charge in [-0.3, -0.25) is 19.4 Å². The van der Waals surface area contributed by atoms with Gasteiger partial charge in [0.1, 0.15) is 0 Å². The summed E-state index contributed by atoms with van der Waals surface area (Å²) in [5.74, 6) is -0.905. The minimum absolute atomic E-state index is 0.240. The molecule has 3 aromatic carbocycles. The highest BCUT2D eigenvalue weighted by Crippen LogP contribution is 2.18. The van der Waals surface area contributed by atoms with Crippen molar-refractivity contribution in [2.24, 2.45) is 0 Å². The summed E-state index contributed by atoms with van der Waals surface area (Å²) in [6.07, 6.45) is 3.05. The van der Waals surface area contributed by atoms with Crippen molar-refractivity contribution in [3.8, 4) is 0 Å². The molecule has 0 aliphatic rings. The molecule has 7 nitrogen and oxygen atoms in total. The maximum Gasteiger partial charge on any atom is 0.257 e. The van der Waals surface area contributed by atoms with Crippen LogP contribution in [0.2, 0.25) is 0 Å². The molecular formula is C26H20N4O3. The third-order valence-corrected chi connectivity index (χ3v) is 4.72. The van der Waals surface area contributed by atoms with Gasteiger partial charge in [-0.15, -0.1) is 0 Å². The molecule has 162 valence electrons. The van der Waals surface area contributed by atoms with Crippen LogP contribution in [0.1, 0.15) is 31.1 Å². The normalized spacial score (nSPS) is 10.2. The SMILES string of the molecule is O=C(Nc1cccc(NC(=O)c2cccc(NC(=O)c3cccnc3)c2)c1)c1ccccc1. The van der Waals surface area contributed by atoms with E-state index in [1.165, 1.54) is 6.20 Å². The van der Waals surface area contributed by atoms with E-state index < -0.39 is 0 Å². The van der Waals surface area contributed by atoms with Gasteiger partial charge in [-0.05, 0) is 60.7 Å². The molecule has 0 radical (unpaired) electrons. The van der Waals surface area contributed by atoms with Gasteiger partial charge in [-0.25, -0.2) is 0 Å². The van der Waals surface area contributed by atoms with Crippen LogP contribution in [0.25, 0.3) is 0 Å². The van der Waals surface area contributed by atoms with Crippen LogP contribution in [0.3, 0.4) is 0 Å². The second-order valence-electron chi connectivity index (χ2n) is 7.13. The first-order valence-electron chi connectivity index (χ1n) is 10.2. The molecular weight excluding hydrogens is 416 g/mol. The molecule has 0 bridgehead atoms. The zero-order valence-electron chi connectivity index (χ0n) is 17.5. The number of hydrogen-bond donors (Lipinski definition) is 3. The van der Waals surface area contributed by atoms with E-state index in [9.17, 15) is 14.4 Å². The molecule has 1 aromatic heterocycles. The van der Waals surface area contributed by atoms with Crippen LogP contribution in [0.15, 0.2) is 103 Å². The van der Waals surface area contributed by atoms with Crippen molar-refractivity contribution in [3.05, 3.63) is 120 Å². The third-order valence-electron chi connectivity index (χ3n) is 4.72. The van der Waals surface area contributed by atoms with E-state index in [0.29, 0.717) is 33.8 Å². The molecule has 0 saturated heterocycles. The molecule has 33 heavy (non-hydrogen) atoms. The van der Waals surface area contributed by atoms with Crippen molar-refractivity contribution in [2.75, 3.05) is 16.0 Å². The van der Waals surface area contributed by atoms with Crippen LogP contribution >= 0.6 is 0 Å². The Kier molecular flexibility index (Phi) is 6.51. The van der Waals surface area contributed by atoms with E-state index in [4.69, 9.17) is 0 Å². The quantitative estimate of drug-likeness (QED) is 0.403. The fourth-order valence-electron chi connectivity index (χ4n) is 3.11. The summed E-state index contributed by atoms with van der Waals surface area (Å²) in [6.45, 7) is 0. The molecule has 0 aliphatic heterocycles. The lowest BCUT2D eigenvalue weighted by Gasteiger charge is -2.10. The number of nitrogens with zero attached hydrogens (tertiary/aromatic N) is 1. The maximum absolute atomic E-state index is 12.8. The Hall–Kier alpha value is -4.78. The van der Waals surface area contributed by atoms with Gasteiger partial charge in [0, 0.05) is 40.6 Å². The van der Waals surface area contributed by atoms with Crippen molar-refractivity contribution in [1.29, 1.82) is 0 Å². The first kappa shape index (κ1) is 21.5. The van der Waals surface area contributed by atoms with E-state index in [0.717, 1.165) is 0 Å². The summed E-state index contributed by atoms with van der Waals surface area (Å²) in [7, 11) is 0. The monoisotopic (exact) mass is 436 g/mol. The average molecular weight is 436 g/mol. The maximum atomic E-state index is 12.8. The average Bonchev–Trinajstić information content (AvgIpc) is 2.85. The smallest absolute Gasteiger partial charge is 0.257 e. The largest absolute Gasteiger partial charge is 0.322 e. The van der Waals surface area contributed by atoms with E-state index in [-0.39, 0.29) is 17.7 Å².